The first-order valence-electron chi connectivity index (χ1n) is 4.07. The maximum atomic E-state index is 6.85. The second-order valence-corrected chi connectivity index (χ2v) is 2.51. The molecule has 6 heteroatoms. The first-order valence-corrected chi connectivity index (χ1v) is 4.07. The first-order chi connectivity index (χ1) is 5.66. The molecule has 13 heavy (non-hydrogen) atoms. The van der Waals surface area contributed by atoms with Crippen LogP contribution in [0.5, 0.6) is 0 Å². The third-order valence-electron chi connectivity index (χ3n) is 1.31. The minimum atomic E-state index is -0.174. The van der Waals surface area contributed by atoms with Crippen LogP contribution >= 0.6 is 24.0 Å². The van der Waals surface area contributed by atoms with E-state index in [1.54, 1.807) is 0 Å². The van der Waals surface area contributed by atoms with Gasteiger partial charge in [-0.3, -0.25) is 15.7 Å². The Labute approximate surface area is 95.9 Å². The topological polar surface area (TPSA) is 100 Å². The number of guanidine groups is 2. The molecule has 0 bridgehead atoms. The van der Waals surface area contributed by atoms with E-state index in [1.807, 2.05) is 0 Å². The van der Waals surface area contributed by atoms with E-state index in [-0.39, 0.29) is 35.9 Å². The van der Waals surface area contributed by atoms with Gasteiger partial charge in [0, 0.05) is 6.54 Å². The second-order valence-electron chi connectivity index (χ2n) is 2.51. The molecule has 0 rings (SSSR count). The predicted octanol–water partition coefficient (Wildman–Crippen LogP) is 0.592. The van der Waals surface area contributed by atoms with Crippen molar-refractivity contribution in [2.45, 2.75) is 26.2 Å². The Morgan fingerprint density at radius 1 is 1.38 bits per heavy atom. The van der Waals surface area contributed by atoms with Gasteiger partial charge in [0.2, 0.25) is 0 Å². The highest BCUT2D eigenvalue weighted by Gasteiger charge is 1.90. The quantitative estimate of drug-likeness (QED) is 0.264. The molecule has 0 fully saturated rings. The third kappa shape index (κ3) is 11.5. The molecular formula is C7H18IN5. The van der Waals surface area contributed by atoms with Crippen LogP contribution in [-0.2, 0) is 0 Å². The summed E-state index contributed by atoms with van der Waals surface area (Å²) >= 11 is 0. The van der Waals surface area contributed by atoms with E-state index in [1.165, 1.54) is 0 Å². The fourth-order valence-electron chi connectivity index (χ4n) is 0.739. The van der Waals surface area contributed by atoms with Crippen molar-refractivity contribution in [3.05, 3.63) is 0 Å². The number of nitrogens with zero attached hydrogens (tertiary/aromatic N) is 1. The van der Waals surface area contributed by atoms with E-state index in [2.05, 4.69) is 17.2 Å². The molecule has 0 atom stereocenters. The lowest BCUT2D eigenvalue weighted by molar-refractivity contribution is 0.726. The van der Waals surface area contributed by atoms with Gasteiger partial charge in [0.05, 0.1) is 0 Å². The summed E-state index contributed by atoms with van der Waals surface area (Å²) in [6, 6.07) is 0. The molecule has 6 N–H and O–H groups in total. The zero-order valence-electron chi connectivity index (χ0n) is 7.84. The maximum absolute atomic E-state index is 6.85. The SMILES string of the molecule is CCCCCN=C(N)NC(=N)N.I. The number of unbranched alkanes of at least 4 members (excludes halogenated alkanes) is 2. The minimum Gasteiger partial charge on any atom is -0.370 e. The van der Waals surface area contributed by atoms with Crippen LogP contribution in [0, 0.1) is 5.41 Å². The Hall–Kier alpha value is -0.530. The van der Waals surface area contributed by atoms with Crippen molar-refractivity contribution < 1.29 is 0 Å². The van der Waals surface area contributed by atoms with Gasteiger partial charge in [-0.05, 0) is 6.42 Å². The number of aliphatic imine (C=N–C) groups is 1. The molecule has 0 aliphatic rings. The van der Waals surface area contributed by atoms with E-state index < -0.39 is 0 Å². The Kier molecular flexibility index (Phi) is 11.0. The van der Waals surface area contributed by atoms with Crippen molar-refractivity contribution in [1.82, 2.24) is 5.32 Å². The summed E-state index contributed by atoms with van der Waals surface area (Å²) in [5.41, 5.74) is 10.4. The lowest BCUT2D eigenvalue weighted by Gasteiger charge is -2.01. The first kappa shape index (κ1) is 15.0. The number of nitrogens with one attached hydrogen (secondary N) is 2. The van der Waals surface area contributed by atoms with E-state index in [0.717, 1.165) is 19.3 Å². The van der Waals surface area contributed by atoms with Gasteiger partial charge in [-0.1, -0.05) is 19.8 Å². The molecule has 0 aliphatic carbocycles. The van der Waals surface area contributed by atoms with Gasteiger partial charge in [0.1, 0.15) is 0 Å². The molecule has 5 nitrogen and oxygen atoms in total. The predicted molar refractivity (Wildman–Crippen MR) is 66.5 cm³/mol. The standard InChI is InChI=1S/C7H17N5.HI/c1-2-3-4-5-11-7(10)12-6(8)9;/h2-5H2,1H3,(H6,8,9,10,11,12);1H. The molecular weight excluding hydrogens is 281 g/mol. The summed E-state index contributed by atoms with van der Waals surface area (Å²) in [5, 5.41) is 9.26. The molecule has 0 aromatic heterocycles. The van der Waals surface area contributed by atoms with Crippen molar-refractivity contribution in [3.63, 3.8) is 0 Å². The average molecular weight is 299 g/mol. The summed E-state index contributed by atoms with van der Waals surface area (Å²) in [5.74, 6) is 0.0466. The van der Waals surface area contributed by atoms with Crippen molar-refractivity contribution >= 4 is 35.9 Å². The smallest absolute Gasteiger partial charge is 0.195 e. The summed E-state index contributed by atoms with van der Waals surface area (Å²) < 4.78 is 0. The molecule has 0 saturated carbocycles. The Balaban J connectivity index is 0. The van der Waals surface area contributed by atoms with Crippen molar-refractivity contribution in [1.29, 1.82) is 5.41 Å². The summed E-state index contributed by atoms with van der Waals surface area (Å²) in [7, 11) is 0. The highest BCUT2D eigenvalue weighted by molar-refractivity contribution is 14.0. The van der Waals surface area contributed by atoms with Crippen LogP contribution in [0.25, 0.3) is 0 Å². The lowest BCUT2D eigenvalue weighted by Crippen LogP contribution is -2.40. The van der Waals surface area contributed by atoms with Crippen LogP contribution < -0.4 is 16.8 Å². The Morgan fingerprint density at radius 3 is 2.46 bits per heavy atom. The molecule has 0 unspecified atom stereocenters. The van der Waals surface area contributed by atoms with Crippen LogP contribution in [0.1, 0.15) is 26.2 Å². The molecule has 0 spiro atoms. The van der Waals surface area contributed by atoms with Crippen LogP contribution in [0.3, 0.4) is 0 Å². The summed E-state index contributed by atoms with van der Waals surface area (Å²) in [6.07, 6.45) is 3.34. The average Bonchev–Trinajstić information content (AvgIpc) is 1.97. The molecule has 0 aromatic rings. The molecule has 0 aromatic carbocycles. The number of hydrogen-bond acceptors (Lipinski definition) is 2. The summed E-state index contributed by atoms with van der Waals surface area (Å²) in [6.45, 7) is 2.82. The van der Waals surface area contributed by atoms with Gasteiger partial charge >= 0.3 is 0 Å². The summed E-state index contributed by atoms with van der Waals surface area (Å²) in [4.78, 5) is 3.96. The number of hydrogen-bond donors (Lipinski definition) is 4. The molecule has 0 amide bonds. The lowest BCUT2D eigenvalue weighted by atomic mass is 10.2. The molecule has 0 radical (unpaired) electrons. The number of rotatable bonds is 4. The molecule has 0 aliphatic heterocycles. The van der Waals surface area contributed by atoms with Crippen molar-refractivity contribution in [2.24, 2.45) is 16.5 Å². The van der Waals surface area contributed by atoms with Gasteiger partial charge < -0.3 is 11.5 Å². The van der Waals surface area contributed by atoms with Gasteiger partial charge in [-0.25, -0.2) is 0 Å². The van der Waals surface area contributed by atoms with Crippen molar-refractivity contribution in [3.8, 4) is 0 Å². The zero-order chi connectivity index (χ0) is 9.40. The van der Waals surface area contributed by atoms with Crippen LogP contribution in [-0.4, -0.2) is 18.5 Å². The van der Waals surface area contributed by atoms with E-state index >= 15 is 0 Å². The van der Waals surface area contributed by atoms with Crippen LogP contribution in [0.2, 0.25) is 0 Å². The van der Waals surface area contributed by atoms with Gasteiger partial charge in [0.25, 0.3) is 0 Å². The highest BCUT2D eigenvalue weighted by atomic mass is 127. The monoisotopic (exact) mass is 299 g/mol. The Bertz CT molecular complexity index is 168. The molecule has 0 heterocycles. The second kappa shape index (κ2) is 9.56. The van der Waals surface area contributed by atoms with Crippen LogP contribution in [0.15, 0.2) is 4.99 Å². The minimum absolute atomic E-state index is 0. The zero-order valence-corrected chi connectivity index (χ0v) is 10.2. The van der Waals surface area contributed by atoms with Gasteiger partial charge in [-0.2, -0.15) is 0 Å². The fourth-order valence-corrected chi connectivity index (χ4v) is 0.739. The largest absolute Gasteiger partial charge is 0.370 e. The number of halogens is 1. The van der Waals surface area contributed by atoms with Gasteiger partial charge in [0.15, 0.2) is 11.9 Å². The normalized spacial score (nSPS) is 10.4. The van der Waals surface area contributed by atoms with Gasteiger partial charge in [-0.15, -0.1) is 24.0 Å². The van der Waals surface area contributed by atoms with E-state index in [4.69, 9.17) is 16.9 Å². The molecule has 0 saturated heterocycles. The fraction of sp³-hybridized carbons (Fsp3) is 0.714. The maximum Gasteiger partial charge on any atom is 0.195 e. The van der Waals surface area contributed by atoms with E-state index in [0.29, 0.717) is 6.54 Å². The third-order valence-corrected chi connectivity index (χ3v) is 1.31. The van der Waals surface area contributed by atoms with Crippen molar-refractivity contribution in [2.75, 3.05) is 6.54 Å². The number of nitrogens with two attached hydrogens (primary N) is 2. The molecule has 78 valence electrons. The van der Waals surface area contributed by atoms with Crippen LogP contribution in [0.4, 0.5) is 0 Å². The highest BCUT2D eigenvalue weighted by Crippen LogP contribution is 1.92. The Morgan fingerprint density at radius 2 is 2.00 bits per heavy atom. The van der Waals surface area contributed by atoms with E-state index in [9.17, 15) is 0 Å².